The average Bonchev–Trinajstić information content (AvgIpc) is 2.87. The van der Waals surface area contributed by atoms with Crippen molar-refractivity contribution in [1.29, 1.82) is 0 Å². The summed E-state index contributed by atoms with van der Waals surface area (Å²) in [6.07, 6.45) is 0.567. The van der Waals surface area contributed by atoms with Crippen molar-refractivity contribution in [1.82, 2.24) is 15.2 Å². The molecule has 10 heteroatoms. The second-order valence-corrected chi connectivity index (χ2v) is 8.41. The number of pyridine rings is 1. The molecule has 5 N–H and O–H groups in total. The van der Waals surface area contributed by atoms with E-state index in [4.69, 9.17) is 0 Å². The number of carbonyl (C=O) groups is 3. The molecule has 1 aliphatic heterocycles. The SMILES string of the molecule is CNc1cccc2cc(C(=O)Nc3ccc(C(=O)NCC4CCNCC4)cc3)c(=O)n(C(=O)O)c12. The molecule has 2 aromatic carbocycles. The fourth-order valence-electron chi connectivity index (χ4n) is 4.24. The zero-order valence-electron chi connectivity index (χ0n) is 19.3. The maximum atomic E-state index is 12.9. The maximum Gasteiger partial charge on any atom is 0.419 e. The lowest BCUT2D eigenvalue weighted by molar-refractivity contribution is 0.0943. The Kier molecular flexibility index (Phi) is 7.11. The molecule has 2 heterocycles. The van der Waals surface area contributed by atoms with Crippen LogP contribution in [-0.4, -0.2) is 54.3 Å². The molecule has 0 spiro atoms. The molecule has 10 nitrogen and oxygen atoms in total. The third kappa shape index (κ3) is 5.17. The average molecular weight is 478 g/mol. The third-order valence-corrected chi connectivity index (χ3v) is 6.14. The van der Waals surface area contributed by atoms with Crippen LogP contribution in [0.2, 0.25) is 0 Å². The summed E-state index contributed by atoms with van der Waals surface area (Å²) in [7, 11) is 1.61. The van der Waals surface area contributed by atoms with Gasteiger partial charge in [0, 0.05) is 30.2 Å². The summed E-state index contributed by atoms with van der Waals surface area (Å²) >= 11 is 0. The Labute approximate surface area is 201 Å². The highest BCUT2D eigenvalue weighted by Crippen LogP contribution is 2.23. The summed E-state index contributed by atoms with van der Waals surface area (Å²) in [6.45, 7) is 2.53. The predicted octanol–water partition coefficient (Wildman–Crippen LogP) is 2.55. The Morgan fingerprint density at radius 2 is 1.77 bits per heavy atom. The van der Waals surface area contributed by atoms with Crippen molar-refractivity contribution < 1.29 is 19.5 Å². The fraction of sp³-hybridized carbons (Fsp3) is 0.280. The molecule has 0 saturated carbocycles. The van der Waals surface area contributed by atoms with Gasteiger partial charge < -0.3 is 26.4 Å². The Hall–Kier alpha value is -4.18. The van der Waals surface area contributed by atoms with Gasteiger partial charge in [0.25, 0.3) is 17.4 Å². The highest BCUT2D eigenvalue weighted by molar-refractivity contribution is 6.08. The fourth-order valence-corrected chi connectivity index (χ4v) is 4.24. The normalized spacial score (nSPS) is 13.9. The minimum Gasteiger partial charge on any atom is -0.464 e. The van der Waals surface area contributed by atoms with E-state index in [1.165, 1.54) is 6.07 Å². The third-order valence-electron chi connectivity index (χ3n) is 6.14. The Balaban J connectivity index is 1.51. The van der Waals surface area contributed by atoms with Crippen LogP contribution < -0.4 is 26.8 Å². The molecule has 182 valence electrons. The molecule has 0 radical (unpaired) electrons. The van der Waals surface area contributed by atoms with E-state index in [0.29, 0.717) is 39.4 Å². The summed E-state index contributed by atoms with van der Waals surface area (Å²) in [4.78, 5) is 50.1. The van der Waals surface area contributed by atoms with E-state index in [2.05, 4.69) is 21.3 Å². The standard InChI is InChI=1S/C25H27N5O5/c1-26-20-4-2-3-17-13-19(24(33)30(21(17)20)25(34)35)23(32)29-18-7-5-16(6-8-18)22(31)28-14-15-9-11-27-12-10-15/h2-8,13,15,26-27H,9-12,14H2,1H3,(H,28,31)(H,29,32)(H,34,35). The number of para-hydroxylation sites is 1. The monoisotopic (exact) mass is 477 g/mol. The number of nitrogens with one attached hydrogen (secondary N) is 4. The molecule has 1 fully saturated rings. The van der Waals surface area contributed by atoms with Gasteiger partial charge in [0.05, 0.1) is 11.2 Å². The first-order valence-electron chi connectivity index (χ1n) is 11.4. The smallest absolute Gasteiger partial charge is 0.419 e. The molecule has 35 heavy (non-hydrogen) atoms. The minimum absolute atomic E-state index is 0.170. The summed E-state index contributed by atoms with van der Waals surface area (Å²) in [5.41, 5.74) is 0.189. The maximum absolute atomic E-state index is 12.9. The number of hydrogen-bond donors (Lipinski definition) is 5. The van der Waals surface area contributed by atoms with Gasteiger partial charge in [-0.15, -0.1) is 0 Å². The highest BCUT2D eigenvalue weighted by atomic mass is 16.4. The lowest BCUT2D eigenvalue weighted by Gasteiger charge is -2.22. The minimum atomic E-state index is -1.49. The molecule has 3 aromatic rings. The second-order valence-electron chi connectivity index (χ2n) is 8.41. The van der Waals surface area contributed by atoms with Crippen LogP contribution in [0, 0.1) is 5.92 Å². The first-order valence-corrected chi connectivity index (χ1v) is 11.4. The first-order chi connectivity index (χ1) is 16.9. The van der Waals surface area contributed by atoms with Gasteiger partial charge in [-0.3, -0.25) is 14.4 Å². The zero-order valence-corrected chi connectivity index (χ0v) is 19.3. The molecule has 0 aliphatic carbocycles. The zero-order chi connectivity index (χ0) is 24.9. The van der Waals surface area contributed by atoms with Gasteiger partial charge in [0.1, 0.15) is 5.56 Å². The number of carbonyl (C=O) groups excluding carboxylic acids is 2. The molecule has 0 atom stereocenters. The van der Waals surface area contributed by atoms with E-state index in [9.17, 15) is 24.3 Å². The van der Waals surface area contributed by atoms with Gasteiger partial charge in [0.15, 0.2) is 0 Å². The molecule has 2 amide bonds. The summed E-state index contributed by atoms with van der Waals surface area (Å²) in [5.74, 6) is -0.481. The van der Waals surface area contributed by atoms with E-state index in [1.54, 1.807) is 49.5 Å². The van der Waals surface area contributed by atoms with Crippen LogP contribution in [-0.2, 0) is 0 Å². The van der Waals surface area contributed by atoms with E-state index in [1.807, 2.05) is 0 Å². The summed E-state index contributed by atoms with van der Waals surface area (Å²) < 4.78 is 0.561. The van der Waals surface area contributed by atoms with Crippen molar-refractivity contribution in [2.24, 2.45) is 5.92 Å². The molecule has 0 bridgehead atoms. The number of rotatable bonds is 6. The number of piperidine rings is 1. The van der Waals surface area contributed by atoms with Crippen LogP contribution in [0.25, 0.3) is 10.9 Å². The quantitative estimate of drug-likeness (QED) is 0.367. The molecule has 4 rings (SSSR count). The Morgan fingerprint density at radius 3 is 2.43 bits per heavy atom. The van der Waals surface area contributed by atoms with E-state index in [-0.39, 0.29) is 17.0 Å². The van der Waals surface area contributed by atoms with Gasteiger partial charge in [0.2, 0.25) is 0 Å². The molecule has 1 aromatic heterocycles. The number of aromatic nitrogens is 1. The first kappa shape index (κ1) is 24.0. The van der Waals surface area contributed by atoms with Crippen molar-refractivity contribution in [3.05, 3.63) is 70.0 Å². The van der Waals surface area contributed by atoms with Gasteiger partial charge in [-0.05, 0) is 68.2 Å². The van der Waals surface area contributed by atoms with Gasteiger partial charge >= 0.3 is 6.09 Å². The molecule has 1 saturated heterocycles. The van der Waals surface area contributed by atoms with Crippen LogP contribution in [0.1, 0.15) is 33.6 Å². The van der Waals surface area contributed by atoms with Crippen molar-refractivity contribution in [3.8, 4) is 0 Å². The lowest BCUT2D eigenvalue weighted by Crippen LogP contribution is -2.35. The van der Waals surface area contributed by atoms with Crippen molar-refractivity contribution >= 4 is 40.2 Å². The van der Waals surface area contributed by atoms with Gasteiger partial charge in [-0.2, -0.15) is 0 Å². The number of fused-ring (bicyclic) bond motifs is 1. The number of benzene rings is 2. The topological polar surface area (TPSA) is 142 Å². The van der Waals surface area contributed by atoms with Crippen molar-refractivity contribution in [2.75, 3.05) is 37.3 Å². The van der Waals surface area contributed by atoms with Crippen LogP contribution >= 0.6 is 0 Å². The number of amides is 2. The largest absolute Gasteiger partial charge is 0.464 e. The van der Waals surface area contributed by atoms with Crippen LogP contribution in [0.3, 0.4) is 0 Å². The lowest BCUT2D eigenvalue weighted by atomic mass is 9.98. The Morgan fingerprint density at radius 1 is 1.06 bits per heavy atom. The van der Waals surface area contributed by atoms with Crippen LogP contribution in [0.5, 0.6) is 0 Å². The van der Waals surface area contributed by atoms with Gasteiger partial charge in [-0.1, -0.05) is 12.1 Å². The van der Waals surface area contributed by atoms with E-state index < -0.39 is 17.6 Å². The van der Waals surface area contributed by atoms with Crippen molar-refractivity contribution in [2.45, 2.75) is 12.8 Å². The number of carboxylic acid groups (broad SMARTS) is 1. The molecule has 1 aliphatic rings. The highest BCUT2D eigenvalue weighted by Gasteiger charge is 2.21. The number of anilines is 2. The summed E-state index contributed by atoms with van der Waals surface area (Å²) in [5, 5.41) is 21.8. The van der Waals surface area contributed by atoms with E-state index >= 15 is 0 Å². The Bertz CT molecular complexity index is 1330. The number of nitrogens with zero attached hydrogens (tertiary/aromatic N) is 1. The molecular weight excluding hydrogens is 450 g/mol. The van der Waals surface area contributed by atoms with Crippen molar-refractivity contribution in [3.63, 3.8) is 0 Å². The summed E-state index contributed by atoms with van der Waals surface area (Å²) in [6, 6.07) is 12.6. The predicted molar refractivity (Wildman–Crippen MR) is 133 cm³/mol. The second kappa shape index (κ2) is 10.4. The molecule has 0 unspecified atom stereocenters. The van der Waals surface area contributed by atoms with E-state index in [0.717, 1.165) is 25.9 Å². The van der Waals surface area contributed by atoms with Crippen LogP contribution in [0.15, 0.2) is 53.3 Å². The number of hydrogen-bond acceptors (Lipinski definition) is 6. The van der Waals surface area contributed by atoms with Gasteiger partial charge in [-0.25, -0.2) is 9.36 Å². The van der Waals surface area contributed by atoms with Crippen LogP contribution in [0.4, 0.5) is 16.2 Å². The molecular formula is C25H27N5O5.